The second kappa shape index (κ2) is 20.6. The molecule has 0 aliphatic rings. The van der Waals surface area contributed by atoms with E-state index in [2.05, 4.69) is 189 Å². The van der Waals surface area contributed by atoms with Crippen LogP contribution in [0.15, 0.2) is 163 Å². The van der Waals surface area contributed by atoms with Gasteiger partial charge in [-0.2, -0.15) is 23.8 Å². The Morgan fingerprint density at radius 3 is 1.15 bits per heavy atom. The summed E-state index contributed by atoms with van der Waals surface area (Å²) < 4.78 is 38.6. The van der Waals surface area contributed by atoms with Gasteiger partial charge in [-0.3, -0.25) is 0 Å². The quantitative estimate of drug-likeness (QED) is 0.0618. The number of benzene rings is 7. The Labute approximate surface area is 383 Å². The van der Waals surface area contributed by atoms with Crippen molar-refractivity contribution in [1.82, 2.24) is 0 Å². The van der Waals surface area contributed by atoms with Crippen molar-refractivity contribution < 1.29 is 45.7 Å². The van der Waals surface area contributed by atoms with Crippen LogP contribution in [-0.2, 0) is 69.0 Å². The maximum Gasteiger partial charge on any atom is 0.101 e. The third-order valence-corrected chi connectivity index (χ3v) is 11.6. The van der Waals surface area contributed by atoms with Gasteiger partial charge in [-0.25, -0.2) is 8.42 Å². The first-order valence-electron chi connectivity index (χ1n) is 19.8. The predicted molar refractivity (Wildman–Crippen MR) is 243 cm³/mol. The second-order valence-corrected chi connectivity index (χ2v) is 17.0. The summed E-state index contributed by atoms with van der Waals surface area (Å²) in [6.07, 6.45) is 0. The van der Waals surface area contributed by atoms with Crippen molar-refractivity contribution >= 4 is 21.5 Å². The van der Waals surface area contributed by atoms with E-state index in [9.17, 15) is 13.0 Å². The molecule has 7 aromatic carbocycles. The molecule has 0 atom stereocenters. The number of rotatable bonds is 14. The Hall–Kier alpha value is -4.85. The minimum absolute atomic E-state index is 0. The first kappa shape index (κ1) is 46.2. The van der Waals surface area contributed by atoms with Gasteiger partial charge in [0.05, 0.1) is 0 Å². The zero-order valence-electron chi connectivity index (χ0n) is 34.5. The molecule has 0 N–H and O–H groups in total. The van der Waals surface area contributed by atoms with E-state index in [0.717, 1.165) is 22.5 Å². The molecule has 0 unspecified atom stereocenters. The van der Waals surface area contributed by atoms with Gasteiger partial charge < -0.3 is 14.4 Å². The Balaban J connectivity index is 0.00000341. The number of hydrogen-bond acceptors (Lipinski definition) is 5. The molecule has 1 radical (unpaired) electrons. The van der Waals surface area contributed by atoms with E-state index in [0.29, 0.717) is 37.3 Å². The summed E-state index contributed by atoms with van der Waals surface area (Å²) in [5.41, 5.74) is 14.5. The summed E-state index contributed by atoms with van der Waals surface area (Å²) in [7, 11) is -4.80. The van der Waals surface area contributed by atoms with Crippen LogP contribution >= 0.6 is 0 Å². The molecule has 0 aliphatic heterocycles. The summed E-state index contributed by atoms with van der Waals surface area (Å²) >= 11 is 0. The van der Waals surface area contributed by atoms with Crippen LogP contribution in [-0.4, -0.2) is 13.0 Å². The predicted octanol–water partition coefficient (Wildman–Crippen LogP) is 12.2. The minimum Gasteiger partial charge on any atom is -0.746 e. The van der Waals surface area contributed by atoms with E-state index >= 15 is 0 Å². The summed E-state index contributed by atoms with van der Waals surface area (Å²) in [5.74, 6) is -0.539. The van der Waals surface area contributed by atoms with Crippen LogP contribution in [0.25, 0.3) is 0 Å². The van der Waals surface area contributed by atoms with Crippen LogP contribution in [0.4, 0.5) is 11.4 Å². The fourth-order valence-electron chi connectivity index (χ4n) is 7.93. The molecule has 0 saturated heterocycles. The largest absolute Gasteiger partial charge is 0.746 e. The summed E-state index contributed by atoms with van der Waals surface area (Å²) in [5, 5.41) is 0. The molecular weight excluding hydrogens is 834 g/mol. The standard InChI is InChI=1S/C52H51N2O3S.CH4.Y/c1-37-10-6-14-42(28-37)33-53(34-43-15-7-11-38(2)29-43)48-23-19-46(20-24-48)52(50-27-18-41(5)32-51(50)58(55,56)57)47-21-25-49(26-22-47)54(35-44-16-8-12-39(3)30-44)36-45-17-9-13-40(4)31-45;;/h6-17,19-32,52H,33-36H2,1-5H3,(H,55,56,57);1H4;/q-1;;/p-1. The Bertz CT molecular complexity index is 2390. The van der Waals surface area contributed by atoms with Crippen LogP contribution in [0.3, 0.4) is 0 Å². The van der Waals surface area contributed by atoms with Crippen LogP contribution in [0, 0.1) is 40.7 Å². The number of nitrogens with zero attached hydrogens (tertiary/aromatic N) is 2. The third kappa shape index (κ3) is 11.9. The van der Waals surface area contributed by atoms with Crippen molar-refractivity contribution in [2.45, 2.75) is 79.0 Å². The number of aryl methyl sites for hydroxylation is 5. The summed E-state index contributed by atoms with van der Waals surface area (Å²) in [6.45, 7) is 13.1. The molecule has 7 rings (SSSR count). The number of hydrogen-bond donors (Lipinski definition) is 0. The second-order valence-electron chi connectivity index (χ2n) is 15.7. The van der Waals surface area contributed by atoms with Crippen molar-refractivity contribution in [3.8, 4) is 0 Å². The van der Waals surface area contributed by atoms with Crippen molar-refractivity contribution in [3.05, 3.63) is 231 Å². The zero-order chi connectivity index (χ0) is 40.8. The first-order chi connectivity index (χ1) is 27.9. The SMILES string of the molecule is C.Cc1[c-]cc(C(c2ccc(N(Cc3cccc(C)c3)Cc3cccc(C)c3)cc2)c2ccc(N(Cc3cccc(C)c3)Cc3cccc(C)c3)cc2)c(S(=O)(=O)[O-])c1.[Y]. The molecule has 0 amide bonds. The van der Waals surface area contributed by atoms with E-state index in [4.69, 9.17) is 0 Å². The van der Waals surface area contributed by atoms with E-state index < -0.39 is 16.0 Å². The third-order valence-electron chi connectivity index (χ3n) is 10.7. The van der Waals surface area contributed by atoms with E-state index in [1.165, 1.54) is 50.6 Å². The normalized spacial score (nSPS) is 11.1. The number of anilines is 2. The molecule has 0 saturated carbocycles. The van der Waals surface area contributed by atoms with E-state index in [1.807, 2.05) is 0 Å². The molecule has 7 heteroatoms. The van der Waals surface area contributed by atoms with Crippen LogP contribution in [0.1, 0.15) is 80.1 Å². The van der Waals surface area contributed by atoms with Gasteiger partial charge in [0, 0.05) is 70.3 Å². The molecule has 5 nitrogen and oxygen atoms in total. The average molecular weight is 888 g/mol. The molecule has 0 bridgehead atoms. The molecule has 0 aliphatic carbocycles. The van der Waals surface area contributed by atoms with Gasteiger partial charge in [0.15, 0.2) is 0 Å². The molecule has 7 aromatic rings. The fourth-order valence-corrected chi connectivity index (χ4v) is 8.72. The van der Waals surface area contributed by atoms with Gasteiger partial charge >= 0.3 is 0 Å². The van der Waals surface area contributed by atoms with E-state index in [1.54, 1.807) is 13.0 Å². The minimum atomic E-state index is -4.80. The average Bonchev–Trinajstić information content (AvgIpc) is 3.18. The van der Waals surface area contributed by atoms with Crippen LogP contribution in [0.2, 0.25) is 0 Å². The molecule has 0 heterocycles. The Kier molecular flexibility index (Phi) is 15.9. The van der Waals surface area contributed by atoms with Gasteiger partial charge in [-0.05, 0) is 96.2 Å². The molecule has 0 spiro atoms. The summed E-state index contributed by atoms with van der Waals surface area (Å²) in [6, 6.07) is 57.4. The van der Waals surface area contributed by atoms with Gasteiger partial charge in [-0.1, -0.05) is 158 Å². The van der Waals surface area contributed by atoms with Gasteiger partial charge in [0.1, 0.15) is 10.1 Å². The molecular formula is C53H54N2O3SY-2. The Morgan fingerprint density at radius 1 is 0.517 bits per heavy atom. The maximum atomic E-state index is 12.9. The topological polar surface area (TPSA) is 63.7 Å². The van der Waals surface area contributed by atoms with Crippen molar-refractivity contribution in [2.75, 3.05) is 9.80 Å². The first-order valence-corrected chi connectivity index (χ1v) is 21.2. The zero-order valence-corrected chi connectivity index (χ0v) is 38.2. The van der Waals surface area contributed by atoms with Crippen molar-refractivity contribution in [1.29, 1.82) is 0 Å². The van der Waals surface area contributed by atoms with Gasteiger partial charge in [0.25, 0.3) is 0 Å². The fraction of sp³-hybridized carbons (Fsp3) is 0.208. The molecule has 305 valence electrons. The molecule has 0 fully saturated rings. The molecule has 60 heavy (non-hydrogen) atoms. The Morgan fingerprint density at radius 2 is 0.850 bits per heavy atom. The smallest absolute Gasteiger partial charge is 0.101 e. The summed E-state index contributed by atoms with van der Waals surface area (Å²) in [4.78, 5) is 4.51. The van der Waals surface area contributed by atoms with Crippen molar-refractivity contribution in [3.63, 3.8) is 0 Å². The van der Waals surface area contributed by atoms with Crippen LogP contribution < -0.4 is 9.80 Å². The molecule has 0 aromatic heterocycles. The van der Waals surface area contributed by atoms with Crippen LogP contribution in [0.5, 0.6) is 0 Å². The van der Waals surface area contributed by atoms with Crippen molar-refractivity contribution in [2.24, 2.45) is 0 Å². The van der Waals surface area contributed by atoms with E-state index in [-0.39, 0.29) is 45.0 Å². The van der Waals surface area contributed by atoms with Gasteiger partial charge in [-0.15, -0.1) is 5.56 Å². The monoisotopic (exact) mass is 887 g/mol. The van der Waals surface area contributed by atoms with Gasteiger partial charge in [0.2, 0.25) is 0 Å². The maximum absolute atomic E-state index is 12.9.